The molecule has 0 bridgehead atoms. The maximum absolute atomic E-state index is 13.2. The second-order valence-electron chi connectivity index (χ2n) is 6.25. The van der Waals surface area contributed by atoms with Gasteiger partial charge in [-0.25, -0.2) is 4.39 Å². The first-order chi connectivity index (χ1) is 13.9. The fourth-order valence-electron chi connectivity index (χ4n) is 2.59. The fraction of sp³-hybridized carbons (Fsp3) is 0.0455. The molecule has 0 fully saturated rings. The lowest BCUT2D eigenvalue weighted by Crippen LogP contribution is -2.14. The summed E-state index contributed by atoms with van der Waals surface area (Å²) < 4.78 is 13.2. The highest BCUT2D eigenvalue weighted by Gasteiger charge is 2.10. The van der Waals surface area contributed by atoms with Gasteiger partial charge in [-0.15, -0.1) is 0 Å². The zero-order chi connectivity index (χ0) is 20.8. The number of carbonyl (C=O) groups excluding carboxylic acids is 3. The minimum absolute atomic E-state index is 0.177. The van der Waals surface area contributed by atoms with Crippen molar-refractivity contribution in [2.75, 3.05) is 16.0 Å². The van der Waals surface area contributed by atoms with E-state index in [0.29, 0.717) is 28.2 Å². The van der Waals surface area contributed by atoms with E-state index in [1.807, 2.05) is 0 Å². The lowest BCUT2D eigenvalue weighted by molar-refractivity contribution is -0.114. The maximum Gasteiger partial charge on any atom is 0.255 e. The van der Waals surface area contributed by atoms with Crippen LogP contribution in [0.15, 0.2) is 72.8 Å². The molecule has 0 unspecified atom stereocenters. The highest BCUT2D eigenvalue weighted by molar-refractivity contribution is 6.07. The molecule has 3 N–H and O–H groups in total. The first kappa shape index (κ1) is 19.8. The van der Waals surface area contributed by atoms with Crippen molar-refractivity contribution < 1.29 is 18.8 Å². The van der Waals surface area contributed by atoms with Gasteiger partial charge in [0.2, 0.25) is 5.91 Å². The number of benzene rings is 3. The van der Waals surface area contributed by atoms with Crippen molar-refractivity contribution in [2.24, 2.45) is 0 Å². The van der Waals surface area contributed by atoms with Gasteiger partial charge in [0, 0.05) is 35.1 Å². The van der Waals surface area contributed by atoms with Crippen molar-refractivity contribution in [3.8, 4) is 0 Å². The molecule has 3 rings (SSSR count). The molecule has 7 heteroatoms. The van der Waals surface area contributed by atoms with E-state index in [-0.39, 0.29) is 11.8 Å². The first-order valence-electron chi connectivity index (χ1n) is 8.77. The molecule has 0 aromatic heterocycles. The van der Waals surface area contributed by atoms with Crippen LogP contribution in [0.3, 0.4) is 0 Å². The number of nitrogens with one attached hydrogen (secondary N) is 3. The second-order valence-corrected chi connectivity index (χ2v) is 6.25. The van der Waals surface area contributed by atoms with Crippen molar-refractivity contribution in [2.45, 2.75) is 6.92 Å². The molecule has 0 saturated heterocycles. The lowest BCUT2D eigenvalue weighted by Gasteiger charge is -2.08. The van der Waals surface area contributed by atoms with Crippen LogP contribution in [0, 0.1) is 5.82 Å². The molecule has 0 aliphatic rings. The number of amides is 3. The van der Waals surface area contributed by atoms with Crippen LogP contribution in [-0.4, -0.2) is 17.7 Å². The molecule has 3 amide bonds. The molecule has 6 nitrogen and oxygen atoms in total. The second kappa shape index (κ2) is 8.79. The van der Waals surface area contributed by atoms with Crippen LogP contribution in [0.25, 0.3) is 0 Å². The molecule has 3 aromatic rings. The van der Waals surface area contributed by atoms with E-state index in [1.54, 1.807) is 30.3 Å². The molecule has 0 heterocycles. The topological polar surface area (TPSA) is 87.3 Å². The van der Waals surface area contributed by atoms with Crippen molar-refractivity contribution in [1.82, 2.24) is 0 Å². The van der Waals surface area contributed by atoms with Gasteiger partial charge in [-0.2, -0.15) is 0 Å². The van der Waals surface area contributed by atoms with E-state index in [4.69, 9.17) is 0 Å². The van der Waals surface area contributed by atoms with Gasteiger partial charge in [0.1, 0.15) is 5.82 Å². The smallest absolute Gasteiger partial charge is 0.255 e. The largest absolute Gasteiger partial charge is 0.326 e. The Kier molecular flexibility index (Phi) is 5.99. The summed E-state index contributed by atoms with van der Waals surface area (Å²) in [6.07, 6.45) is 0. The predicted molar refractivity (Wildman–Crippen MR) is 109 cm³/mol. The van der Waals surface area contributed by atoms with Crippen LogP contribution in [0.4, 0.5) is 21.5 Å². The molecule has 0 atom stereocenters. The van der Waals surface area contributed by atoms with Crippen molar-refractivity contribution in [3.05, 3.63) is 89.7 Å². The third-order valence-corrected chi connectivity index (χ3v) is 3.95. The van der Waals surface area contributed by atoms with E-state index in [9.17, 15) is 18.8 Å². The quantitative estimate of drug-likeness (QED) is 0.606. The van der Waals surface area contributed by atoms with Gasteiger partial charge in [0.25, 0.3) is 11.8 Å². The number of carbonyl (C=O) groups is 3. The molecule has 146 valence electrons. The first-order valence-corrected chi connectivity index (χ1v) is 8.77. The maximum atomic E-state index is 13.2. The van der Waals surface area contributed by atoms with Crippen LogP contribution in [-0.2, 0) is 4.79 Å². The SMILES string of the molecule is CC(=O)Nc1ccc(NC(=O)c2ccc(C(=O)Nc3cccc(F)c3)cc2)cc1. The Balaban J connectivity index is 1.62. The van der Waals surface area contributed by atoms with E-state index >= 15 is 0 Å². The van der Waals surface area contributed by atoms with Crippen LogP contribution in [0.5, 0.6) is 0 Å². The average molecular weight is 391 g/mol. The fourth-order valence-corrected chi connectivity index (χ4v) is 2.59. The summed E-state index contributed by atoms with van der Waals surface area (Å²) in [4.78, 5) is 35.6. The lowest BCUT2D eigenvalue weighted by atomic mass is 10.1. The Morgan fingerprint density at radius 1 is 0.655 bits per heavy atom. The third kappa shape index (κ3) is 5.49. The van der Waals surface area contributed by atoms with Crippen LogP contribution >= 0.6 is 0 Å². The van der Waals surface area contributed by atoms with E-state index in [2.05, 4.69) is 16.0 Å². The van der Waals surface area contributed by atoms with Gasteiger partial charge in [-0.05, 0) is 66.7 Å². The minimum Gasteiger partial charge on any atom is -0.326 e. The Labute approximate surface area is 166 Å². The van der Waals surface area contributed by atoms with E-state index < -0.39 is 11.7 Å². The molecular weight excluding hydrogens is 373 g/mol. The predicted octanol–water partition coefficient (Wildman–Crippen LogP) is 4.29. The summed E-state index contributed by atoms with van der Waals surface area (Å²) in [5.74, 6) is -1.37. The molecule has 0 spiro atoms. The van der Waals surface area contributed by atoms with Crippen LogP contribution in [0.1, 0.15) is 27.6 Å². The Morgan fingerprint density at radius 3 is 1.62 bits per heavy atom. The summed E-state index contributed by atoms with van der Waals surface area (Å²) >= 11 is 0. The van der Waals surface area contributed by atoms with Gasteiger partial charge in [0.05, 0.1) is 0 Å². The standard InChI is InChI=1S/C22H18FN3O3/c1-14(27)24-18-9-11-19(12-10-18)25-21(28)15-5-7-16(8-6-15)22(29)26-20-4-2-3-17(23)13-20/h2-13H,1H3,(H,24,27)(H,25,28)(H,26,29). The molecule has 0 aliphatic carbocycles. The highest BCUT2D eigenvalue weighted by Crippen LogP contribution is 2.16. The van der Waals surface area contributed by atoms with Gasteiger partial charge < -0.3 is 16.0 Å². The van der Waals surface area contributed by atoms with Crippen molar-refractivity contribution >= 4 is 34.8 Å². The minimum atomic E-state index is -0.445. The molecule has 0 radical (unpaired) electrons. The van der Waals surface area contributed by atoms with Crippen molar-refractivity contribution in [1.29, 1.82) is 0 Å². The monoisotopic (exact) mass is 391 g/mol. The molecular formula is C22H18FN3O3. The van der Waals surface area contributed by atoms with E-state index in [1.165, 1.54) is 49.4 Å². The zero-order valence-corrected chi connectivity index (χ0v) is 15.5. The highest BCUT2D eigenvalue weighted by atomic mass is 19.1. The number of hydrogen-bond acceptors (Lipinski definition) is 3. The molecule has 0 aliphatic heterocycles. The molecule has 29 heavy (non-hydrogen) atoms. The zero-order valence-electron chi connectivity index (χ0n) is 15.5. The van der Waals surface area contributed by atoms with Gasteiger partial charge in [-0.1, -0.05) is 6.07 Å². The average Bonchev–Trinajstić information content (AvgIpc) is 2.69. The Hall–Kier alpha value is -4.00. The van der Waals surface area contributed by atoms with E-state index in [0.717, 1.165) is 0 Å². The number of anilines is 3. The third-order valence-electron chi connectivity index (χ3n) is 3.95. The molecule has 0 saturated carbocycles. The Bertz CT molecular complexity index is 1050. The normalized spacial score (nSPS) is 10.1. The summed E-state index contributed by atoms with van der Waals surface area (Å²) in [5, 5.41) is 7.98. The van der Waals surface area contributed by atoms with Gasteiger partial charge in [0.15, 0.2) is 0 Å². The summed E-state index contributed by atoms with van der Waals surface area (Å²) in [7, 11) is 0. The summed E-state index contributed by atoms with van der Waals surface area (Å²) in [6.45, 7) is 1.41. The van der Waals surface area contributed by atoms with Crippen LogP contribution < -0.4 is 16.0 Å². The molecule has 3 aromatic carbocycles. The Morgan fingerprint density at radius 2 is 1.14 bits per heavy atom. The number of hydrogen-bond donors (Lipinski definition) is 3. The van der Waals surface area contributed by atoms with Gasteiger partial charge in [-0.3, -0.25) is 14.4 Å². The number of halogens is 1. The number of rotatable bonds is 5. The van der Waals surface area contributed by atoms with Gasteiger partial charge >= 0.3 is 0 Å². The van der Waals surface area contributed by atoms with Crippen LogP contribution in [0.2, 0.25) is 0 Å². The summed E-state index contributed by atoms with van der Waals surface area (Å²) in [5.41, 5.74) is 2.25. The van der Waals surface area contributed by atoms with Crippen molar-refractivity contribution in [3.63, 3.8) is 0 Å². The summed E-state index contributed by atoms with van der Waals surface area (Å²) in [6, 6.07) is 18.4.